The van der Waals surface area contributed by atoms with Crippen molar-refractivity contribution in [3.63, 3.8) is 0 Å². The Balaban J connectivity index is 1.89. The predicted octanol–water partition coefficient (Wildman–Crippen LogP) is 1.28. The number of hydrogen-bond donors (Lipinski definition) is 5. The average molecular weight is 501 g/mol. The van der Waals surface area contributed by atoms with Crippen LogP contribution in [0.1, 0.15) is 67.2 Å². The fourth-order valence-corrected chi connectivity index (χ4v) is 6.46. The highest BCUT2D eigenvalue weighted by molar-refractivity contribution is 5.87. The molecule has 1 aliphatic heterocycles. The van der Waals surface area contributed by atoms with Crippen LogP contribution in [0.15, 0.2) is 11.6 Å². The van der Waals surface area contributed by atoms with E-state index in [9.17, 15) is 30.3 Å². The van der Waals surface area contributed by atoms with E-state index in [0.717, 1.165) is 12.8 Å². The first-order valence-corrected chi connectivity index (χ1v) is 12.8. The summed E-state index contributed by atoms with van der Waals surface area (Å²) in [6, 6.07) is 0. The van der Waals surface area contributed by atoms with Gasteiger partial charge in [0, 0.05) is 16.9 Å². The number of hydrogen-bond acceptors (Lipinski definition) is 9. The molecule has 0 amide bonds. The van der Waals surface area contributed by atoms with Crippen LogP contribution in [0.5, 0.6) is 0 Å². The maximum absolute atomic E-state index is 12.3. The molecule has 11 unspecified atom stereocenters. The lowest BCUT2D eigenvalue weighted by Gasteiger charge is -2.60. The molecule has 9 heteroatoms. The quantitative estimate of drug-likeness (QED) is 0.269. The number of fused-ring (bicyclic) bond motifs is 1. The lowest BCUT2D eigenvalue weighted by atomic mass is 9.50. The van der Waals surface area contributed by atoms with Crippen LogP contribution in [0.4, 0.5) is 0 Å². The number of carbonyl (C=O) groups is 1. The van der Waals surface area contributed by atoms with E-state index in [2.05, 4.69) is 13.8 Å². The van der Waals surface area contributed by atoms with Gasteiger partial charge in [-0.05, 0) is 58.3 Å². The highest BCUT2D eigenvalue weighted by atomic mass is 16.7. The Bertz CT molecular complexity index is 779. The van der Waals surface area contributed by atoms with Crippen molar-refractivity contribution in [1.29, 1.82) is 0 Å². The van der Waals surface area contributed by atoms with Gasteiger partial charge in [0.1, 0.15) is 18.3 Å². The van der Waals surface area contributed by atoms with Gasteiger partial charge in [-0.3, -0.25) is 0 Å². The minimum atomic E-state index is -1.55. The standard InChI is InChI=1S/C26H44O9/c1-7-14(4)23(31)34-21-16(12-27)33-24(19(30)18(21)29)35-20-15(13(2)3)8-10-25(5)17(28)9-11-26(6,32)22(20)25/h7,13,15-22,24,27-30,32H,8-12H2,1-6H3. The van der Waals surface area contributed by atoms with Gasteiger partial charge >= 0.3 is 5.97 Å². The minimum Gasteiger partial charge on any atom is -0.453 e. The maximum atomic E-state index is 12.3. The molecule has 3 aliphatic rings. The largest absolute Gasteiger partial charge is 0.453 e. The third-order valence-electron chi connectivity index (χ3n) is 8.80. The summed E-state index contributed by atoms with van der Waals surface area (Å²) < 4.78 is 17.6. The van der Waals surface area contributed by atoms with E-state index in [-0.39, 0.29) is 11.8 Å². The molecule has 1 saturated heterocycles. The average Bonchev–Trinajstić information content (AvgIpc) is 2.80. The van der Waals surface area contributed by atoms with Crippen molar-refractivity contribution < 1.29 is 44.5 Å². The van der Waals surface area contributed by atoms with E-state index in [0.29, 0.717) is 18.4 Å². The van der Waals surface area contributed by atoms with Gasteiger partial charge in [0.25, 0.3) is 0 Å². The van der Waals surface area contributed by atoms with Gasteiger partial charge in [0.15, 0.2) is 12.4 Å². The molecule has 9 nitrogen and oxygen atoms in total. The molecule has 2 aliphatic carbocycles. The lowest BCUT2D eigenvalue weighted by Crippen LogP contribution is -2.66. The van der Waals surface area contributed by atoms with E-state index in [1.54, 1.807) is 26.8 Å². The fourth-order valence-electron chi connectivity index (χ4n) is 6.46. The van der Waals surface area contributed by atoms with Crippen molar-refractivity contribution in [3.8, 4) is 0 Å². The summed E-state index contributed by atoms with van der Waals surface area (Å²) >= 11 is 0. The molecule has 5 N–H and O–H groups in total. The van der Waals surface area contributed by atoms with E-state index in [4.69, 9.17) is 14.2 Å². The van der Waals surface area contributed by atoms with Gasteiger partial charge in [-0.25, -0.2) is 4.79 Å². The zero-order chi connectivity index (χ0) is 26.3. The number of carbonyl (C=O) groups excluding carboxylic acids is 1. The Hall–Kier alpha value is -1.07. The van der Waals surface area contributed by atoms with Gasteiger partial charge < -0.3 is 39.7 Å². The predicted molar refractivity (Wildman–Crippen MR) is 127 cm³/mol. The van der Waals surface area contributed by atoms with Crippen LogP contribution in [0, 0.1) is 23.2 Å². The number of aliphatic hydroxyl groups excluding tert-OH is 4. The molecule has 3 fully saturated rings. The van der Waals surface area contributed by atoms with Crippen LogP contribution in [-0.4, -0.2) is 86.6 Å². The second-order valence-corrected chi connectivity index (χ2v) is 11.5. The van der Waals surface area contributed by atoms with E-state index < -0.39 is 72.4 Å². The van der Waals surface area contributed by atoms with Gasteiger partial charge in [-0.2, -0.15) is 0 Å². The topological polar surface area (TPSA) is 146 Å². The third kappa shape index (κ3) is 5.32. The molecule has 11 atom stereocenters. The molecular weight excluding hydrogens is 456 g/mol. The summed E-state index contributed by atoms with van der Waals surface area (Å²) in [6.07, 6.45) is -4.03. The minimum absolute atomic E-state index is 0.0123. The van der Waals surface area contributed by atoms with Gasteiger partial charge in [0.2, 0.25) is 0 Å². The van der Waals surface area contributed by atoms with E-state index in [1.165, 1.54) is 0 Å². The first-order valence-electron chi connectivity index (χ1n) is 12.8. The summed E-state index contributed by atoms with van der Waals surface area (Å²) in [6.45, 7) is 10.6. The van der Waals surface area contributed by atoms with Crippen molar-refractivity contribution in [2.24, 2.45) is 23.2 Å². The van der Waals surface area contributed by atoms with Crippen molar-refractivity contribution in [1.82, 2.24) is 0 Å². The van der Waals surface area contributed by atoms with Crippen molar-refractivity contribution in [3.05, 3.63) is 11.6 Å². The van der Waals surface area contributed by atoms with Gasteiger partial charge in [0.05, 0.1) is 24.4 Å². The third-order valence-corrected chi connectivity index (χ3v) is 8.80. The molecule has 0 radical (unpaired) electrons. The monoisotopic (exact) mass is 500 g/mol. The van der Waals surface area contributed by atoms with Crippen molar-refractivity contribution in [2.45, 2.75) is 116 Å². The summed E-state index contributed by atoms with van der Waals surface area (Å²) in [5, 5.41) is 54.1. The molecule has 1 heterocycles. The highest BCUT2D eigenvalue weighted by Gasteiger charge is 2.61. The smallest absolute Gasteiger partial charge is 0.333 e. The molecule has 0 aromatic carbocycles. The molecule has 0 bridgehead atoms. The summed E-state index contributed by atoms with van der Waals surface area (Å²) in [5.41, 5.74) is -1.38. The van der Waals surface area contributed by atoms with Gasteiger partial charge in [-0.1, -0.05) is 26.8 Å². The molecule has 35 heavy (non-hydrogen) atoms. The van der Waals surface area contributed by atoms with Crippen LogP contribution in [-0.2, 0) is 19.0 Å². The molecule has 202 valence electrons. The highest BCUT2D eigenvalue weighted by Crippen LogP contribution is 2.57. The molecule has 3 rings (SSSR count). The summed E-state index contributed by atoms with van der Waals surface area (Å²) in [5.74, 6) is -0.914. The van der Waals surface area contributed by atoms with E-state index >= 15 is 0 Å². The molecule has 0 aromatic heterocycles. The molecular formula is C26H44O9. The van der Waals surface area contributed by atoms with Crippen molar-refractivity contribution in [2.75, 3.05) is 6.61 Å². The first-order chi connectivity index (χ1) is 16.3. The second-order valence-electron chi connectivity index (χ2n) is 11.5. The maximum Gasteiger partial charge on any atom is 0.333 e. The summed E-state index contributed by atoms with van der Waals surface area (Å²) in [4.78, 5) is 12.3. The Morgan fingerprint density at radius 1 is 1.11 bits per heavy atom. The zero-order valence-corrected chi connectivity index (χ0v) is 21.8. The number of esters is 1. The SMILES string of the molecule is CC=C(C)C(=O)OC1C(CO)OC(OC2C(C(C)C)CCC3(C)C(O)CCC(C)(O)C23)C(O)C1O. The molecule has 0 spiro atoms. The Labute approximate surface area is 208 Å². The number of ether oxygens (including phenoxy) is 3. The normalized spacial score (nSPS) is 46.9. The number of aliphatic hydroxyl groups is 5. The Morgan fingerprint density at radius 3 is 2.34 bits per heavy atom. The second kappa shape index (κ2) is 10.7. The lowest BCUT2D eigenvalue weighted by molar-refractivity contribution is -0.339. The number of rotatable bonds is 6. The van der Waals surface area contributed by atoms with Crippen LogP contribution in [0.2, 0.25) is 0 Å². The Kier molecular flexibility index (Phi) is 8.74. The van der Waals surface area contributed by atoms with Gasteiger partial charge in [-0.15, -0.1) is 0 Å². The van der Waals surface area contributed by atoms with Crippen molar-refractivity contribution >= 4 is 5.97 Å². The molecule has 2 saturated carbocycles. The van der Waals surface area contributed by atoms with Crippen LogP contribution >= 0.6 is 0 Å². The van der Waals surface area contributed by atoms with E-state index in [1.807, 2.05) is 6.92 Å². The first kappa shape index (κ1) is 28.5. The van der Waals surface area contributed by atoms with Crippen LogP contribution < -0.4 is 0 Å². The van der Waals surface area contributed by atoms with Crippen LogP contribution in [0.3, 0.4) is 0 Å². The van der Waals surface area contributed by atoms with Crippen LogP contribution in [0.25, 0.3) is 0 Å². The zero-order valence-electron chi connectivity index (χ0n) is 21.8. The number of allylic oxidation sites excluding steroid dienone is 1. The Morgan fingerprint density at radius 2 is 1.77 bits per heavy atom. The molecule has 0 aromatic rings. The fraction of sp³-hybridized carbons (Fsp3) is 0.885. The summed E-state index contributed by atoms with van der Waals surface area (Å²) in [7, 11) is 0.